The second-order valence-electron chi connectivity index (χ2n) is 11.0. The highest BCUT2D eigenvalue weighted by Gasteiger charge is 2.33. The molecule has 3 aliphatic heterocycles. The molecule has 2 fully saturated rings. The number of carbonyl (C=O) groups is 2. The van der Waals surface area contributed by atoms with Gasteiger partial charge in [-0.2, -0.15) is 5.26 Å². The van der Waals surface area contributed by atoms with Crippen molar-refractivity contribution in [1.82, 2.24) is 20.2 Å². The van der Waals surface area contributed by atoms with E-state index in [0.29, 0.717) is 83.0 Å². The molecular formula is C31H27F2N7O3S. The number of nitriles is 1. The van der Waals surface area contributed by atoms with Crippen LogP contribution in [-0.2, 0) is 16.1 Å². The third kappa shape index (κ3) is 4.80. The quantitative estimate of drug-likeness (QED) is 0.355. The number of aromatic nitrogens is 2. The number of thiazole rings is 1. The first kappa shape index (κ1) is 28.1. The zero-order valence-corrected chi connectivity index (χ0v) is 24.6. The molecule has 0 aliphatic carbocycles. The van der Waals surface area contributed by atoms with Gasteiger partial charge in [0.25, 0.3) is 5.91 Å². The van der Waals surface area contributed by atoms with Crippen LogP contribution < -0.4 is 15.1 Å². The summed E-state index contributed by atoms with van der Waals surface area (Å²) in [5.41, 5.74) is 3.00. The highest BCUT2D eigenvalue weighted by Crippen LogP contribution is 2.42. The first-order valence-corrected chi connectivity index (χ1v) is 15.1. The lowest BCUT2D eigenvalue weighted by Gasteiger charge is -2.37. The van der Waals surface area contributed by atoms with Gasteiger partial charge >= 0.3 is 0 Å². The smallest absolute Gasteiger partial charge is 0.270 e. The van der Waals surface area contributed by atoms with Gasteiger partial charge in [0.1, 0.15) is 33.7 Å². The van der Waals surface area contributed by atoms with Gasteiger partial charge in [0.05, 0.1) is 18.2 Å². The van der Waals surface area contributed by atoms with E-state index in [4.69, 9.17) is 9.72 Å². The van der Waals surface area contributed by atoms with Crippen molar-refractivity contribution in [3.8, 4) is 17.3 Å². The summed E-state index contributed by atoms with van der Waals surface area (Å²) in [5.74, 6) is -1.35. The van der Waals surface area contributed by atoms with Crippen LogP contribution in [0.2, 0.25) is 0 Å². The summed E-state index contributed by atoms with van der Waals surface area (Å²) in [6.07, 6.45) is 0.736. The van der Waals surface area contributed by atoms with Crippen LogP contribution in [0.3, 0.4) is 0 Å². The van der Waals surface area contributed by atoms with E-state index >= 15 is 4.39 Å². The maximum absolute atomic E-state index is 15.8. The Labute approximate surface area is 255 Å². The Morgan fingerprint density at radius 2 is 1.91 bits per heavy atom. The predicted octanol–water partition coefficient (Wildman–Crippen LogP) is 4.20. The first-order chi connectivity index (χ1) is 21.3. The molecule has 0 bridgehead atoms. The molecule has 10 nitrogen and oxygen atoms in total. The van der Waals surface area contributed by atoms with E-state index in [-0.39, 0.29) is 29.6 Å². The van der Waals surface area contributed by atoms with Crippen LogP contribution in [0.25, 0.3) is 22.2 Å². The van der Waals surface area contributed by atoms with Crippen molar-refractivity contribution >= 4 is 50.6 Å². The number of nitrogens with zero attached hydrogens (tertiary/aromatic N) is 6. The Hall–Kier alpha value is -4.67. The Balaban J connectivity index is 1.27. The van der Waals surface area contributed by atoms with E-state index in [9.17, 15) is 19.2 Å². The minimum absolute atomic E-state index is 0.0530. The highest BCUT2D eigenvalue weighted by molar-refractivity contribution is 7.16. The Bertz CT molecular complexity index is 1840. The molecule has 1 N–H and O–H groups in total. The number of piperazine rings is 1. The summed E-state index contributed by atoms with van der Waals surface area (Å²) in [6.45, 7) is 3.38. The third-order valence-electron chi connectivity index (χ3n) is 8.43. The molecule has 0 spiro atoms. The summed E-state index contributed by atoms with van der Waals surface area (Å²) in [5, 5.41) is 13.6. The zero-order chi connectivity index (χ0) is 30.5. The SMILES string of the molecule is CN(c1nc(-c2ccc(F)cc2)c(C#N)s1)c1c2c(nc3c(F)cc(N4CCN(C(=O)[C@@H]5CCOC5)CC4)cc13)C(=O)NC2. The van der Waals surface area contributed by atoms with Crippen molar-refractivity contribution in [2.75, 3.05) is 56.2 Å². The maximum atomic E-state index is 15.8. The van der Waals surface area contributed by atoms with Gasteiger partial charge in [-0.1, -0.05) is 11.3 Å². The minimum Gasteiger partial charge on any atom is -0.381 e. The number of rotatable bonds is 5. The van der Waals surface area contributed by atoms with Crippen LogP contribution in [0, 0.1) is 28.9 Å². The number of pyridine rings is 1. The van der Waals surface area contributed by atoms with E-state index in [0.717, 1.165) is 17.8 Å². The summed E-state index contributed by atoms with van der Waals surface area (Å²) in [7, 11) is 1.76. The standard InChI is InChI=1S/C31H27F2N7O3S/c1-38(31-37-25(24(14-34)44-31)17-2-4-19(32)5-3-17)28-21-12-20(13-23(33)26(21)36-27-22(28)15-35-29(27)41)39-7-9-40(10-8-39)30(42)18-6-11-43-16-18/h2-5,12-13,18H,6-11,15-16H2,1H3,(H,35,41)/t18-/m1/s1. The van der Waals surface area contributed by atoms with E-state index < -0.39 is 17.5 Å². The van der Waals surface area contributed by atoms with Crippen LogP contribution in [0.4, 0.5) is 25.3 Å². The number of hydrogen-bond acceptors (Lipinski definition) is 9. The number of amides is 2. The lowest BCUT2D eigenvalue weighted by molar-refractivity contribution is -0.135. The number of carbonyl (C=O) groups excluding carboxylic acids is 2. The maximum Gasteiger partial charge on any atom is 0.270 e. The molecule has 2 saturated heterocycles. The fourth-order valence-electron chi connectivity index (χ4n) is 6.11. The van der Waals surface area contributed by atoms with E-state index in [1.54, 1.807) is 24.1 Å². The van der Waals surface area contributed by atoms with Gasteiger partial charge in [-0.25, -0.2) is 18.7 Å². The van der Waals surface area contributed by atoms with Crippen LogP contribution in [0.1, 0.15) is 27.3 Å². The van der Waals surface area contributed by atoms with Crippen molar-refractivity contribution in [2.45, 2.75) is 13.0 Å². The summed E-state index contributed by atoms with van der Waals surface area (Å²) in [4.78, 5) is 40.7. The average Bonchev–Trinajstić information content (AvgIpc) is 3.81. The van der Waals surface area contributed by atoms with Crippen molar-refractivity contribution in [1.29, 1.82) is 5.26 Å². The summed E-state index contributed by atoms with van der Waals surface area (Å²) in [6, 6.07) is 11.2. The molecule has 0 unspecified atom stereocenters. The molecular weight excluding hydrogens is 588 g/mol. The van der Waals surface area contributed by atoms with Crippen LogP contribution in [0.5, 0.6) is 0 Å². The number of ether oxygens (including phenoxy) is 1. The average molecular weight is 616 g/mol. The van der Waals surface area contributed by atoms with Crippen molar-refractivity contribution < 1.29 is 23.1 Å². The van der Waals surface area contributed by atoms with Gasteiger partial charge in [0.2, 0.25) is 5.91 Å². The van der Waals surface area contributed by atoms with Gasteiger partial charge in [0.15, 0.2) is 10.9 Å². The van der Waals surface area contributed by atoms with E-state index in [1.165, 1.54) is 18.2 Å². The van der Waals surface area contributed by atoms with Crippen LogP contribution in [-0.4, -0.2) is 73.1 Å². The fraction of sp³-hybridized carbons (Fsp3) is 0.323. The molecule has 2 amide bonds. The second-order valence-corrected chi connectivity index (χ2v) is 12.0. The molecule has 5 heterocycles. The van der Waals surface area contributed by atoms with E-state index in [1.807, 2.05) is 15.9 Å². The molecule has 0 radical (unpaired) electrons. The lowest BCUT2D eigenvalue weighted by Crippen LogP contribution is -2.50. The number of hydrogen-bond donors (Lipinski definition) is 1. The molecule has 44 heavy (non-hydrogen) atoms. The normalized spacial score (nSPS) is 18.0. The van der Waals surface area contributed by atoms with Crippen molar-refractivity contribution in [2.24, 2.45) is 5.92 Å². The second kappa shape index (κ2) is 11.1. The minimum atomic E-state index is -0.569. The molecule has 13 heteroatoms. The molecule has 1 atom stereocenters. The van der Waals surface area contributed by atoms with Gasteiger partial charge in [-0.15, -0.1) is 0 Å². The highest BCUT2D eigenvalue weighted by atomic mass is 32.1. The Kier molecular flexibility index (Phi) is 7.10. The Morgan fingerprint density at radius 1 is 1.14 bits per heavy atom. The predicted molar refractivity (Wildman–Crippen MR) is 161 cm³/mol. The van der Waals surface area contributed by atoms with E-state index in [2.05, 4.69) is 16.4 Å². The molecule has 224 valence electrons. The van der Waals surface area contributed by atoms with Crippen molar-refractivity contribution in [3.63, 3.8) is 0 Å². The molecule has 3 aliphatic rings. The van der Waals surface area contributed by atoms with Gasteiger partial charge in [0, 0.05) is 68.6 Å². The number of anilines is 3. The molecule has 0 saturated carbocycles. The van der Waals surface area contributed by atoms with Gasteiger partial charge < -0.3 is 24.8 Å². The summed E-state index contributed by atoms with van der Waals surface area (Å²) >= 11 is 1.15. The number of halogens is 2. The first-order valence-electron chi connectivity index (χ1n) is 14.3. The largest absolute Gasteiger partial charge is 0.381 e. The molecule has 2 aromatic heterocycles. The topological polar surface area (TPSA) is 115 Å². The monoisotopic (exact) mass is 615 g/mol. The van der Waals surface area contributed by atoms with Crippen LogP contribution in [0.15, 0.2) is 36.4 Å². The number of benzene rings is 2. The Morgan fingerprint density at radius 3 is 2.61 bits per heavy atom. The molecule has 2 aromatic carbocycles. The number of nitrogens with one attached hydrogen (secondary N) is 1. The lowest BCUT2D eigenvalue weighted by atomic mass is 10.0. The number of fused-ring (bicyclic) bond motifs is 2. The fourth-order valence-corrected chi connectivity index (χ4v) is 6.96. The molecule has 7 rings (SSSR count). The van der Waals surface area contributed by atoms with Crippen LogP contribution >= 0.6 is 11.3 Å². The zero-order valence-electron chi connectivity index (χ0n) is 23.8. The van der Waals surface area contributed by atoms with Gasteiger partial charge in [-0.05, 0) is 42.8 Å². The van der Waals surface area contributed by atoms with Crippen molar-refractivity contribution in [3.05, 3.63) is 64.2 Å². The van der Waals surface area contributed by atoms with Gasteiger partial charge in [-0.3, -0.25) is 9.59 Å². The summed E-state index contributed by atoms with van der Waals surface area (Å²) < 4.78 is 34.8. The molecule has 4 aromatic rings. The third-order valence-corrected chi connectivity index (χ3v) is 9.47.